The standard InChI is InChI=1S/C20H22ClNO3/c1-25-18-8-7-14-6-5-13(9-16(14)11-18)12-22-20(24)19(23)15-3-2-4-17(21)10-15/h2-4,7-8,10-11,13,19,23H,5-6,9,12H2,1H3,(H,22,24). The van der Waals surface area contributed by atoms with E-state index in [1.54, 1.807) is 31.4 Å². The normalized spacial score (nSPS) is 17.5. The van der Waals surface area contributed by atoms with Gasteiger partial charge in [-0.15, -0.1) is 0 Å². The fourth-order valence-electron chi connectivity index (χ4n) is 3.28. The van der Waals surface area contributed by atoms with Gasteiger partial charge in [-0.3, -0.25) is 4.79 Å². The first kappa shape index (κ1) is 17.8. The Labute approximate surface area is 152 Å². The van der Waals surface area contributed by atoms with E-state index in [9.17, 15) is 9.90 Å². The van der Waals surface area contributed by atoms with E-state index in [-0.39, 0.29) is 0 Å². The lowest BCUT2D eigenvalue weighted by Gasteiger charge is -2.25. The van der Waals surface area contributed by atoms with Gasteiger partial charge in [0.15, 0.2) is 6.10 Å². The van der Waals surface area contributed by atoms with Crippen molar-refractivity contribution >= 4 is 17.5 Å². The lowest BCUT2D eigenvalue weighted by atomic mass is 9.83. The molecule has 132 valence electrons. The summed E-state index contributed by atoms with van der Waals surface area (Å²) in [5, 5.41) is 13.6. The Kier molecular flexibility index (Phi) is 5.61. The zero-order chi connectivity index (χ0) is 17.8. The second-order valence-corrected chi connectivity index (χ2v) is 6.88. The Hall–Kier alpha value is -2.04. The van der Waals surface area contributed by atoms with Crippen molar-refractivity contribution in [2.75, 3.05) is 13.7 Å². The second-order valence-electron chi connectivity index (χ2n) is 6.45. The number of hydrogen-bond acceptors (Lipinski definition) is 3. The largest absolute Gasteiger partial charge is 0.497 e. The number of carbonyl (C=O) groups excluding carboxylic acids is 1. The molecule has 25 heavy (non-hydrogen) atoms. The highest BCUT2D eigenvalue weighted by Gasteiger charge is 2.22. The zero-order valence-corrected chi connectivity index (χ0v) is 14.9. The van der Waals surface area contributed by atoms with Gasteiger partial charge in [-0.1, -0.05) is 29.8 Å². The van der Waals surface area contributed by atoms with Gasteiger partial charge in [0.25, 0.3) is 5.91 Å². The summed E-state index contributed by atoms with van der Waals surface area (Å²) in [5.74, 6) is 0.827. The molecule has 0 bridgehead atoms. The Balaban J connectivity index is 1.57. The molecule has 1 amide bonds. The maximum Gasteiger partial charge on any atom is 0.253 e. The monoisotopic (exact) mass is 359 g/mol. The number of methoxy groups -OCH3 is 1. The molecule has 2 aromatic rings. The number of carbonyl (C=O) groups is 1. The van der Waals surface area contributed by atoms with Gasteiger partial charge in [-0.25, -0.2) is 0 Å². The Morgan fingerprint density at radius 2 is 2.16 bits per heavy atom. The summed E-state index contributed by atoms with van der Waals surface area (Å²) in [7, 11) is 1.67. The molecule has 0 heterocycles. The first-order valence-corrected chi connectivity index (χ1v) is 8.81. The van der Waals surface area contributed by atoms with Gasteiger partial charge >= 0.3 is 0 Å². The predicted molar refractivity (Wildman–Crippen MR) is 97.9 cm³/mol. The molecule has 2 N–H and O–H groups in total. The van der Waals surface area contributed by atoms with Crippen molar-refractivity contribution in [1.29, 1.82) is 0 Å². The highest BCUT2D eigenvalue weighted by atomic mass is 35.5. The summed E-state index contributed by atoms with van der Waals surface area (Å²) in [5.41, 5.74) is 3.13. The molecule has 0 saturated carbocycles. The van der Waals surface area contributed by atoms with Crippen molar-refractivity contribution < 1.29 is 14.6 Å². The number of hydrogen-bond donors (Lipinski definition) is 2. The smallest absolute Gasteiger partial charge is 0.253 e. The van der Waals surface area contributed by atoms with Crippen LogP contribution in [0.15, 0.2) is 42.5 Å². The van der Waals surface area contributed by atoms with Gasteiger partial charge in [0.05, 0.1) is 7.11 Å². The lowest BCUT2D eigenvalue weighted by Crippen LogP contribution is -2.35. The van der Waals surface area contributed by atoms with E-state index in [0.717, 1.165) is 25.0 Å². The van der Waals surface area contributed by atoms with Gasteiger partial charge in [-0.2, -0.15) is 0 Å². The van der Waals surface area contributed by atoms with E-state index in [1.807, 2.05) is 6.07 Å². The Bertz CT molecular complexity index is 762. The van der Waals surface area contributed by atoms with Crippen LogP contribution in [0, 0.1) is 5.92 Å². The van der Waals surface area contributed by atoms with Crippen molar-refractivity contribution in [3.8, 4) is 5.75 Å². The average molecular weight is 360 g/mol. The molecule has 2 atom stereocenters. The first-order valence-electron chi connectivity index (χ1n) is 8.44. The number of rotatable bonds is 5. The number of ether oxygens (including phenoxy) is 1. The number of aryl methyl sites for hydroxylation is 1. The number of aliphatic hydroxyl groups excluding tert-OH is 1. The van der Waals surface area contributed by atoms with E-state index in [2.05, 4.69) is 17.4 Å². The molecule has 3 rings (SSSR count). The minimum atomic E-state index is -1.20. The number of fused-ring (bicyclic) bond motifs is 1. The molecule has 0 spiro atoms. The van der Waals surface area contributed by atoms with E-state index in [0.29, 0.717) is 23.0 Å². The molecule has 0 fully saturated rings. The molecule has 5 heteroatoms. The van der Waals surface area contributed by atoms with E-state index in [1.165, 1.54) is 11.1 Å². The zero-order valence-electron chi connectivity index (χ0n) is 14.2. The van der Waals surface area contributed by atoms with Crippen LogP contribution in [0.5, 0.6) is 5.75 Å². The summed E-state index contributed by atoms with van der Waals surface area (Å²) in [6.45, 7) is 0.549. The molecule has 2 aromatic carbocycles. The molecule has 0 saturated heterocycles. The number of halogens is 1. The molecule has 0 aliphatic heterocycles. The minimum Gasteiger partial charge on any atom is -0.497 e. The Morgan fingerprint density at radius 3 is 2.92 bits per heavy atom. The lowest BCUT2D eigenvalue weighted by molar-refractivity contribution is -0.129. The van der Waals surface area contributed by atoms with Crippen LogP contribution in [0.2, 0.25) is 5.02 Å². The molecular formula is C20H22ClNO3. The number of aliphatic hydroxyl groups is 1. The number of nitrogens with one attached hydrogen (secondary N) is 1. The van der Waals surface area contributed by atoms with Crippen LogP contribution in [0.1, 0.15) is 29.2 Å². The maximum atomic E-state index is 12.2. The van der Waals surface area contributed by atoms with Crippen LogP contribution >= 0.6 is 11.6 Å². The average Bonchev–Trinajstić information content (AvgIpc) is 2.64. The predicted octanol–water partition coefficient (Wildman–Crippen LogP) is 3.30. The molecule has 1 aliphatic carbocycles. The van der Waals surface area contributed by atoms with Crippen LogP contribution in [0.25, 0.3) is 0 Å². The van der Waals surface area contributed by atoms with Crippen LogP contribution in [0.3, 0.4) is 0 Å². The number of benzene rings is 2. The van der Waals surface area contributed by atoms with Crippen molar-refractivity contribution in [2.45, 2.75) is 25.4 Å². The van der Waals surface area contributed by atoms with E-state index < -0.39 is 12.0 Å². The summed E-state index contributed by atoms with van der Waals surface area (Å²) >= 11 is 5.91. The molecule has 4 nitrogen and oxygen atoms in total. The van der Waals surface area contributed by atoms with Gasteiger partial charge in [-0.05, 0) is 66.1 Å². The molecule has 1 aliphatic rings. The number of amides is 1. The fourth-order valence-corrected chi connectivity index (χ4v) is 3.48. The third kappa shape index (κ3) is 4.33. The topological polar surface area (TPSA) is 58.6 Å². The van der Waals surface area contributed by atoms with Gasteiger partial charge < -0.3 is 15.2 Å². The summed E-state index contributed by atoms with van der Waals surface area (Å²) in [6.07, 6.45) is 1.72. The van der Waals surface area contributed by atoms with Crippen molar-refractivity contribution in [2.24, 2.45) is 5.92 Å². The quantitative estimate of drug-likeness (QED) is 0.861. The summed E-state index contributed by atoms with van der Waals surface area (Å²) in [6, 6.07) is 12.9. The van der Waals surface area contributed by atoms with Crippen LogP contribution < -0.4 is 10.1 Å². The van der Waals surface area contributed by atoms with Crippen LogP contribution in [-0.4, -0.2) is 24.7 Å². The highest BCUT2D eigenvalue weighted by Crippen LogP contribution is 2.28. The Morgan fingerprint density at radius 1 is 1.32 bits per heavy atom. The van der Waals surface area contributed by atoms with Crippen LogP contribution in [-0.2, 0) is 17.6 Å². The molecule has 2 unspecified atom stereocenters. The third-order valence-corrected chi connectivity index (χ3v) is 4.96. The van der Waals surface area contributed by atoms with Crippen molar-refractivity contribution in [3.63, 3.8) is 0 Å². The van der Waals surface area contributed by atoms with Crippen molar-refractivity contribution in [3.05, 3.63) is 64.2 Å². The van der Waals surface area contributed by atoms with Gasteiger partial charge in [0, 0.05) is 11.6 Å². The highest BCUT2D eigenvalue weighted by molar-refractivity contribution is 6.30. The van der Waals surface area contributed by atoms with Crippen molar-refractivity contribution in [1.82, 2.24) is 5.32 Å². The maximum absolute atomic E-state index is 12.2. The second kappa shape index (κ2) is 7.89. The third-order valence-electron chi connectivity index (χ3n) is 4.72. The van der Waals surface area contributed by atoms with Gasteiger partial charge in [0.1, 0.15) is 5.75 Å². The fraction of sp³-hybridized carbons (Fsp3) is 0.350. The molecular weight excluding hydrogens is 338 g/mol. The van der Waals surface area contributed by atoms with Gasteiger partial charge in [0.2, 0.25) is 0 Å². The molecule has 0 radical (unpaired) electrons. The SMILES string of the molecule is COc1ccc2c(c1)CC(CNC(=O)C(O)c1cccc(Cl)c1)CC2. The van der Waals surface area contributed by atoms with E-state index in [4.69, 9.17) is 16.3 Å². The minimum absolute atomic E-state index is 0.357. The molecule has 0 aromatic heterocycles. The van der Waals surface area contributed by atoms with E-state index >= 15 is 0 Å². The summed E-state index contributed by atoms with van der Waals surface area (Å²) in [4.78, 5) is 12.2. The first-order chi connectivity index (χ1) is 12.1. The summed E-state index contributed by atoms with van der Waals surface area (Å²) < 4.78 is 5.29. The van der Waals surface area contributed by atoms with Crippen LogP contribution in [0.4, 0.5) is 0 Å².